The molecule has 0 spiro atoms. The molecule has 13 heteroatoms. The molecule has 0 amide bonds. The van der Waals surface area contributed by atoms with E-state index >= 15 is 0 Å². The molecule has 53 heavy (non-hydrogen) atoms. The van der Waals surface area contributed by atoms with Crippen LogP contribution in [-0.2, 0) is 37.5 Å². The lowest BCUT2D eigenvalue weighted by atomic mass is 10.1. The van der Waals surface area contributed by atoms with Gasteiger partial charge in [0.05, 0.1) is 19.3 Å². The zero-order valence-electron chi connectivity index (χ0n) is 32.5. The minimum absolute atomic E-state index is 0.126. The predicted molar refractivity (Wildman–Crippen MR) is 209 cm³/mol. The lowest BCUT2D eigenvalue weighted by molar-refractivity contribution is -0.161. The van der Waals surface area contributed by atoms with Crippen molar-refractivity contribution in [1.82, 2.24) is 0 Å². The Bertz CT molecular complexity index is 1110. The fourth-order valence-electron chi connectivity index (χ4n) is 4.99. The molecule has 12 nitrogen and oxygen atoms in total. The topological polar surface area (TPSA) is 192 Å². The number of ether oxygens (including phenoxy) is 2. The maximum Gasteiger partial charge on any atom is 0.472 e. The van der Waals surface area contributed by atoms with Crippen LogP contribution in [0.25, 0.3) is 0 Å². The predicted octanol–water partition coefficient (Wildman–Crippen LogP) is 8.80. The number of carbonyl (C=O) groups excluding carboxylic acids is 2. The van der Waals surface area contributed by atoms with Crippen LogP contribution in [0.2, 0.25) is 0 Å². The van der Waals surface area contributed by atoms with Crippen molar-refractivity contribution in [2.75, 3.05) is 19.8 Å². The van der Waals surface area contributed by atoms with Gasteiger partial charge in [-0.05, 0) is 38.5 Å². The molecule has 0 fully saturated rings. The molecule has 0 aromatic heterocycles. The first-order chi connectivity index (χ1) is 25.5. The quantitative estimate of drug-likeness (QED) is 0.0156. The summed E-state index contributed by atoms with van der Waals surface area (Å²) in [6.45, 7) is 2.58. The van der Waals surface area contributed by atoms with Crippen LogP contribution in [0.1, 0.15) is 149 Å². The number of carbonyl (C=O) groups is 3. The van der Waals surface area contributed by atoms with Crippen LogP contribution in [0, 0.1) is 0 Å². The minimum atomic E-state index is -4.73. The third kappa shape index (κ3) is 34.9. The summed E-state index contributed by atoms with van der Waals surface area (Å²) in [6.07, 6.45) is 33.7. The Hall–Kier alpha value is -2.60. The Labute approximate surface area is 318 Å². The Morgan fingerprint density at radius 3 is 1.87 bits per heavy atom. The van der Waals surface area contributed by atoms with Crippen LogP contribution >= 0.6 is 7.82 Å². The highest BCUT2D eigenvalue weighted by atomic mass is 31.2. The summed E-state index contributed by atoms with van der Waals surface area (Å²) in [5, 5.41) is 18.7. The normalized spacial score (nSPS) is 15.0. The van der Waals surface area contributed by atoms with Gasteiger partial charge in [-0.1, -0.05) is 146 Å². The third-order valence-electron chi connectivity index (χ3n) is 8.18. The molecule has 0 aromatic rings. The summed E-state index contributed by atoms with van der Waals surface area (Å²) in [6, 6.07) is -1.53. The van der Waals surface area contributed by atoms with Gasteiger partial charge in [-0.2, -0.15) is 0 Å². The largest absolute Gasteiger partial charge is 0.480 e. The molecule has 0 rings (SSSR count). The Morgan fingerprint density at radius 1 is 0.679 bits per heavy atom. The summed E-state index contributed by atoms with van der Waals surface area (Å²) in [7, 11) is -4.73. The molecule has 1 unspecified atom stereocenters. The van der Waals surface area contributed by atoms with Crippen molar-refractivity contribution in [2.45, 2.75) is 167 Å². The van der Waals surface area contributed by atoms with Crippen molar-refractivity contribution in [1.29, 1.82) is 0 Å². The van der Waals surface area contributed by atoms with Gasteiger partial charge in [-0.3, -0.25) is 23.4 Å². The minimum Gasteiger partial charge on any atom is -0.480 e. The van der Waals surface area contributed by atoms with Crippen LogP contribution in [-0.4, -0.2) is 71.1 Å². The number of hydrogen-bond acceptors (Lipinski definition) is 10. The summed E-state index contributed by atoms with van der Waals surface area (Å²) >= 11 is 0. The zero-order chi connectivity index (χ0) is 39.4. The number of carboxylic acid groups (broad SMARTS) is 1. The number of allylic oxidation sites excluding steroid dienone is 7. The fraction of sp³-hybridized carbons (Fsp3) is 0.725. The van der Waals surface area contributed by atoms with Crippen molar-refractivity contribution in [3.8, 4) is 0 Å². The SMILES string of the molecule is CCCCCCCCCCCCCC(=O)O[C@H](COC(=O)CCC/C=C\C/C=C\C/C=C\C=C\[C@H](O)CCCCC)COP(=O)(O)OC[C@H](N)C(=O)O. The van der Waals surface area contributed by atoms with E-state index in [1.54, 1.807) is 0 Å². The second-order valence-electron chi connectivity index (χ2n) is 13.3. The molecule has 5 N–H and O–H groups in total. The molecule has 0 aliphatic rings. The van der Waals surface area contributed by atoms with Crippen molar-refractivity contribution in [2.24, 2.45) is 5.73 Å². The summed E-state index contributed by atoms with van der Waals surface area (Å²) < 4.78 is 32.5. The van der Waals surface area contributed by atoms with Crippen LogP contribution < -0.4 is 5.73 Å². The van der Waals surface area contributed by atoms with Crippen molar-refractivity contribution in [3.05, 3.63) is 48.6 Å². The number of aliphatic hydroxyl groups excluding tert-OH is 1. The van der Waals surface area contributed by atoms with E-state index in [2.05, 4.69) is 30.5 Å². The number of phosphoric acid groups is 1. The molecule has 0 saturated heterocycles. The molecular weight excluding hydrogens is 701 g/mol. The third-order valence-corrected chi connectivity index (χ3v) is 9.13. The van der Waals surface area contributed by atoms with Gasteiger partial charge in [-0.15, -0.1) is 0 Å². The molecule has 0 aromatic carbocycles. The molecule has 0 bridgehead atoms. The number of aliphatic hydroxyl groups is 1. The molecular formula is C40H70NO11P. The monoisotopic (exact) mass is 771 g/mol. The first kappa shape index (κ1) is 50.4. The lowest BCUT2D eigenvalue weighted by Crippen LogP contribution is -2.34. The molecule has 0 saturated carbocycles. The van der Waals surface area contributed by atoms with Gasteiger partial charge in [0.25, 0.3) is 0 Å². The lowest BCUT2D eigenvalue weighted by Gasteiger charge is -2.20. The summed E-state index contributed by atoms with van der Waals surface area (Å²) in [4.78, 5) is 45.7. The van der Waals surface area contributed by atoms with Crippen LogP contribution in [0.5, 0.6) is 0 Å². The van der Waals surface area contributed by atoms with E-state index in [1.807, 2.05) is 36.5 Å². The van der Waals surface area contributed by atoms with E-state index in [-0.39, 0.29) is 19.4 Å². The Morgan fingerprint density at radius 2 is 1.23 bits per heavy atom. The average Bonchev–Trinajstić information content (AvgIpc) is 3.12. The number of unbranched alkanes of at least 4 members (excludes halogenated alkanes) is 13. The van der Waals surface area contributed by atoms with Crippen LogP contribution in [0.4, 0.5) is 0 Å². The maximum absolute atomic E-state index is 12.5. The smallest absolute Gasteiger partial charge is 0.472 e. The van der Waals surface area contributed by atoms with Gasteiger partial charge >= 0.3 is 25.7 Å². The zero-order valence-corrected chi connectivity index (χ0v) is 33.3. The van der Waals surface area contributed by atoms with E-state index in [1.165, 1.54) is 44.9 Å². The van der Waals surface area contributed by atoms with Crippen molar-refractivity contribution in [3.63, 3.8) is 0 Å². The first-order valence-electron chi connectivity index (χ1n) is 19.8. The highest BCUT2D eigenvalue weighted by Gasteiger charge is 2.28. The average molecular weight is 772 g/mol. The number of nitrogens with two attached hydrogens (primary N) is 1. The van der Waals surface area contributed by atoms with Crippen LogP contribution in [0.15, 0.2) is 48.6 Å². The highest BCUT2D eigenvalue weighted by Crippen LogP contribution is 2.43. The van der Waals surface area contributed by atoms with E-state index in [0.717, 1.165) is 57.8 Å². The highest BCUT2D eigenvalue weighted by molar-refractivity contribution is 7.47. The van der Waals surface area contributed by atoms with E-state index in [0.29, 0.717) is 19.3 Å². The van der Waals surface area contributed by atoms with E-state index in [9.17, 15) is 28.9 Å². The number of carboxylic acids is 1. The maximum atomic E-state index is 12.5. The first-order valence-corrected chi connectivity index (χ1v) is 21.3. The molecule has 0 radical (unpaired) electrons. The second kappa shape index (κ2) is 35.1. The van der Waals surface area contributed by atoms with Gasteiger partial charge in [0, 0.05) is 12.8 Å². The number of esters is 2. The standard InChI is InChI=1S/C40H70NO11P/c1-3-5-7-8-9-10-12-17-20-23-27-31-39(44)52-36(33-50-53(47,48)51-34-37(41)40(45)46)32-49-38(43)30-26-22-19-16-14-11-13-15-18-21-25-29-35(42)28-24-6-4-2/h11,13,16,18-19,21,25,29,35-37,42H,3-10,12,14-15,17,20,22-24,26-28,30-34,41H2,1-2H3,(H,45,46)(H,47,48)/b13-11-,19-16-,21-18-,29-25+/t35-,36-,37+/m1/s1. The molecule has 306 valence electrons. The fourth-order valence-corrected chi connectivity index (χ4v) is 5.77. The number of phosphoric ester groups is 1. The number of hydrogen-bond donors (Lipinski definition) is 4. The number of rotatable bonds is 36. The molecule has 0 aliphatic carbocycles. The molecule has 4 atom stereocenters. The number of aliphatic carboxylic acids is 1. The van der Waals surface area contributed by atoms with Gasteiger partial charge in [0.2, 0.25) is 0 Å². The second-order valence-corrected chi connectivity index (χ2v) is 14.7. The van der Waals surface area contributed by atoms with Gasteiger partial charge < -0.3 is 30.3 Å². The van der Waals surface area contributed by atoms with Gasteiger partial charge in [-0.25, -0.2) is 4.57 Å². The van der Waals surface area contributed by atoms with Gasteiger partial charge in [0.15, 0.2) is 6.10 Å². The molecule has 0 aliphatic heterocycles. The van der Waals surface area contributed by atoms with Crippen molar-refractivity contribution >= 4 is 25.7 Å². The van der Waals surface area contributed by atoms with Crippen molar-refractivity contribution < 1.29 is 52.6 Å². The summed E-state index contributed by atoms with van der Waals surface area (Å²) in [5.41, 5.74) is 5.31. The Kier molecular flexibility index (Phi) is 33.4. The molecule has 0 heterocycles. The Balaban J connectivity index is 4.54. The van der Waals surface area contributed by atoms with Crippen LogP contribution in [0.3, 0.4) is 0 Å². The van der Waals surface area contributed by atoms with E-state index in [4.69, 9.17) is 24.8 Å². The summed E-state index contributed by atoms with van der Waals surface area (Å²) in [5.74, 6) is -2.49. The van der Waals surface area contributed by atoms with E-state index < -0.39 is 57.2 Å². The van der Waals surface area contributed by atoms with Gasteiger partial charge in [0.1, 0.15) is 12.6 Å².